The fourth-order valence-electron chi connectivity index (χ4n) is 1.10. The summed E-state index contributed by atoms with van der Waals surface area (Å²) in [5.41, 5.74) is 0.830. The summed E-state index contributed by atoms with van der Waals surface area (Å²) in [7, 11) is 0. The molecule has 1 aromatic heterocycles. The Kier molecular flexibility index (Phi) is 2.06. The quantitative estimate of drug-likeness (QED) is 0.829. The van der Waals surface area contributed by atoms with Crippen molar-refractivity contribution >= 4 is 15.9 Å². The lowest BCUT2D eigenvalue weighted by molar-refractivity contribution is 0.475. The molecule has 0 fully saturated rings. The van der Waals surface area contributed by atoms with Crippen molar-refractivity contribution in [3.8, 4) is 11.4 Å². The van der Waals surface area contributed by atoms with Gasteiger partial charge in [-0.25, -0.2) is 4.68 Å². The molecular formula is C9H7BrN2O. The Morgan fingerprint density at radius 3 is 2.77 bits per heavy atom. The maximum Gasteiger partial charge on any atom is 0.117 e. The SMILES string of the molecule is Oc1cccc(-n2nccc2Br)c1. The Labute approximate surface area is 83.8 Å². The second-order valence-electron chi connectivity index (χ2n) is 2.59. The number of phenols is 1. The number of aromatic hydroxyl groups is 1. The number of phenolic OH excluding ortho intramolecular Hbond substituents is 1. The third kappa shape index (κ3) is 1.58. The number of rotatable bonds is 1. The third-order valence-corrected chi connectivity index (χ3v) is 2.27. The molecule has 3 nitrogen and oxygen atoms in total. The topological polar surface area (TPSA) is 38.0 Å². The van der Waals surface area contributed by atoms with Crippen molar-refractivity contribution in [3.63, 3.8) is 0 Å². The highest BCUT2D eigenvalue weighted by Crippen LogP contribution is 2.18. The number of aromatic nitrogens is 2. The molecule has 0 saturated carbocycles. The van der Waals surface area contributed by atoms with E-state index in [2.05, 4.69) is 21.0 Å². The molecule has 1 N–H and O–H groups in total. The molecule has 0 amide bonds. The van der Waals surface area contributed by atoms with Gasteiger partial charge in [-0.1, -0.05) is 6.07 Å². The van der Waals surface area contributed by atoms with E-state index in [-0.39, 0.29) is 5.75 Å². The van der Waals surface area contributed by atoms with E-state index in [1.807, 2.05) is 12.1 Å². The van der Waals surface area contributed by atoms with E-state index >= 15 is 0 Å². The maximum atomic E-state index is 9.25. The van der Waals surface area contributed by atoms with Crippen molar-refractivity contribution in [2.75, 3.05) is 0 Å². The molecule has 0 unspecified atom stereocenters. The molecule has 0 spiro atoms. The van der Waals surface area contributed by atoms with Crippen LogP contribution in [0.4, 0.5) is 0 Å². The van der Waals surface area contributed by atoms with Crippen molar-refractivity contribution in [2.45, 2.75) is 0 Å². The van der Waals surface area contributed by atoms with Crippen molar-refractivity contribution < 1.29 is 5.11 Å². The fourth-order valence-corrected chi connectivity index (χ4v) is 1.52. The number of halogens is 1. The van der Waals surface area contributed by atoms with Crippen molar-refractivity contribution in [3.05, 3.63) is 41.1 Å². The summed E-state index contributed by atoms with van der Waals surface area (Å²) in [5, 5.41) is 13.3. The first kappa shape index (κ1) is 8.31. The van der Waals surface area contributed by atoms with E-state index in [9.17, 15) is 5.11 Å². The molecule has 0 bridgehead atoms. The maximum absolute atomic E-state index is 9.25. The predicted octanol–water partition coefficient (Wildman–Crippen LogP) is 2.34. The zero-order valence-electron chi connectivity index (χ0n) is 6.68. The smallest absolute Gasteiger partial charge is 0.117 e. The van der Waals surface area contributed by atoms with Crippen LogP contribution in [0.2, 0.25) is 0 Å². The van der Waals surface area contributed by atoms with Gasteiger partial charge in [0.25, 0.3) is 0 Å². The number of nitrogens with zero attached hydrogens (tertiary/aromatic N) is 2. The minimum Gasteiger partial charge on any atom is -0.508 e. The van der Waals surface area contributed by atoms with Gasteiger partial charge in [-0.3, -0.25) is 0 Å². The van der Waals surface area contributed by atoms with Crippen LogP contribution in [-0.2, 0) is 0 Å². The molecule has 0 aliphatic heterocycles. The van der Waals surface area contributed by atoms with Gasteiger partial charge < -0.3 is 5.11 Å². The van der Waals surface area contributed by atoms with Crippen LogP contribution in [0.25, 0.3) is 5.69 Å². The Hall–Kier alpha value is -1.29. The summed E-state index contributed by atoms with van der Waals surface area (Å²) < 4.78 is 2.55. The average Bonchev–Trinajstić information content (AvgIpc) is 2.51. The van der Waals surface area contributed by atoms with Gasteiger partial charge in [0.2, 0.25) is 0 Å². The molecule has 13 heavy (non-hydrogen) atoms. The summed E-state index contributed by atoms with van der Waals surface area (Å²) in [5.74, 6) is 0.236. The summed E-state index contributed by atoms with van der Waals surface area (Å²) in [6.45, 7) is 0. The van der Waals surface area contributed by atoms with Gasteiger partial charge in [0.1, 0.15) is 10.4 Å². The van der Waals surface area contributed by atoms with Gasteiger partial charge in [0.05, 0.1) is 11.9 Å². The van der Waals surface area contributed by atoms with Crippen LogP contribution in [0.3, 0.4) is 0 Å². The Balaban J connectivity index is 2.53. The third-order valence-electron chi connectivity index (χ3n) is 1.67. The number of hydrogen-bond acceptors (Lipinski definition) is 2. The normalized spacial score (nSPS) is 10.2. The minimum atomic E-state index is 0.236. The largest absolute Gasteiger partial charge is 0.508 e. The highest BCUT2D eigenvalue weighted by molar-refractivity contribution is 9.10. The molecule has 1 aromatic carbocycles. The van der Waals surface area contributed by atoms with Gasteiger partial charge in [0, 0.05) is 6.07 Å². The lowest BCUT2D eigenvalue weighted by Gasteiger charge is -2.02. The van der Waals surface area contributed by atoms with Crippen LogP contribution in [0.1, 0.15) is 0 Å². The van der Waals surface area contributed by atoms with Gasteiger partial charge >= 0.3 is 0 Å². The monoisotopic (exact) mass is 238 g/mol. The summed E-state index contributed by atoms with van der Waals surface area (Å²) in [4.78, 5) is 0. The minimum absolute atomic E-state index is 0.236. The lowest BCUT2D eigenvalue weighted by Crippen LogP contribution is -1.95. The zero-order chi connectivity index (χ0) is 9.26. The van der Waals surface area contributed by atoms with E-state index in [0.717, 1.165) is 10.3 Å². The van der Waals surface area contributed by atoms with Crippen LogP contribution in [-0.4, -0.2) is 14.9 Å². The van der Waals surface area contributed by atoms with Crippen molar-refractivity contribution in [1.29, 1.82) is 0 Å². The molecule has 0 atom stereocenters. The van der Waals surface area contributed by atoms with E-state index in [0.29, 0.717) is 0 Å². The molecule has 4 heteroatoms. The average molecular weight is 239 g/mol. The molecule has 0 radical (unpaired) electrons. The summed E-state index contributed by atoms with van der Waals surface area (Å²) in [6.07, 6.45) is 1.69. The van der Waals surface area contributed by atoms with Crippen molar-refractivity contribution in [2.24, 2.45) is 0 Å². The first-order chi connectivity index (χ1) is 6.27. The number of benzene rings is 1. The second-order valence-corrected chi connectivity index (χ2v) is 3.40. The lowest BCUT2D eigenvalue weighted by atomic mass is 10.3. The fraction of sp³-hybridized carbons (Fsp3) is 0. The Morgan fingerprint density at radius 1 is 1.31 bits per heavy atom. The van der Waals surface area contributed by atoms with E-state index < -0.39 is 0 Å². The molecule has 2 rings (SSSR count). The standard InChI is InChI=1S/C9H7BrN2O/c10-9-4-5-11-12(9)7-2-1-3-8(13)6-7/h1-6,13H. The van der Waals surface area contributed by atoms with E-state index in [1.54, 1.807) is 29.1 Å². The van der Waals surface area contributed by atoms with Gasteiger partial charge in [-0.05, 0) is 34.1 Å². The highest BCUT2D eigenvalue weighted by atomic mass is 79.9. The second kappa shape index (κ2) is 3.22. The van der Waals surface area contributed by atoms with Crippen molar-refractivity contribution in [1.82, 2.24) is 9.78 Å². The number of hydrogen-bond donors (Lipinski definition) is 1. The Morgan fingerprint density at radius 2 is 2.15 bits per heavy atom. The summed E-state index contributed by atoms with van der Waals surface area (Å²) >= 11 is 3.35. The van der Waals surface area contributed by atoms with Crippen LogP contribution in [0, 0.1) is 0 Å². The first-order valence-electron chi connectivity index (χ1n) is 3.76. The highest BCUT2D eigenvalue weighted by Gasteiger charge is 2.01. The van der Waals surface area contributed by atoms with Crippen LogP contribution in [0.15, 0.2) is 41.1 Å². The van der Waals surface area contributed by atoms with Crippen LogP contribution < -0.4 is 0 Å². The van der Waals surface area contributed by atoms with Crippen LogP contribution >= 0.6 is 15.9 Å². The molecule has 0 saturated heterocycles. The van der Waals surface area contributed by atoms with Crippen LogP contribution in [0.5, 0.6) is 5.75 Å². The van der Waals surface area contributed by atoms with Gasteiger partial charge in [0.15, 0.2) is 0 Å². The van der Waals surface area contributed by atoms with Gasteiger partial charge in [-0.15, -0.1) is 0 Å². The van der Waals surface area contributed by atoms with E-state index in [1.165, 1.54) is 0 Å². The molecule has 66 valence electrons. The van der Waals surface area contributed by atoms with Gasteiger partial charge in [-0.2, -0.15) is 5.10 Å². The summed E-state index contributed by atoms with van der Waals surface area (Å²) in [6, 6.07) is 8.76. The molecular weight excluding hydrogens is 232 g/mol. The van der Waals surface area contributed by atoms with E-state index in [4.69, 9.17) is 0 Å². The Bertz CT molecular complexity index is 425. The molecule has 0 aliphatic rings. The predicted molar refractivity (Wildman–Crippen MR) is 52.9 cm³/mol. The first-order valence-corrected chi connectivity index (χ1v) is 4.55. The zero-order valence-corrected chi connectivity index (χ0v) is 8.27. The molecule has 1 heterocycles. The molecule has 0 aliphatic carbocycles. The molecule has 2 aromatic rings.